The molecule has 1 aromatic heterocycles. The normalized spacial score (nSPS) is 11.4. The van der Waals surface area contributed by atoms with Gasteiger partial charge in [0, 0.05) is 12.1 Å². The molecule has 0 unspecified atom stereocenters. The van der Waals surface area contributed by atoms with Gasteiger partial charge in [-0.25, -0.2) is 4.79 Å². The number of hydrogen-bond acceptors (Lipinski definition) is 6. The smallest absolute Gasteiger partial charge is 0.349 e. The summed E-state index contributed by atoms with van der Waals surface area (Å²) in [6, 6.07) is 17.9. The van der Waals surface area contributed by atoms with Crippen LogP contribution in [-0.2, 0) is 16.1 Å². The number of esters is 1. The van der Waals surface area contributed by atoms with E-state index >= 15 is 0 Å². The van der Waals surface area contributed by atoms with Gasteiger partial charge in [0.05, 0.1) is 14.2 Å². The molecule has 0 aliphatic carbocycles. The third-order valence-electron chi connectivity index (χ3n) is 4.21. The average Bonchev–Trinajstić information content (AvgIpc) is 3.31. The number of benzene rings is 2. The summed E-state index contributed by atoms with van der Waals surface area (Å²) < 4.78 is 16.1. The predicted molar refractivity (Wildman–Crippen MR) is 110 cm³/mol. The molecule has 1 atom stereocenters. The lowest BCUT2D eigenvalue weighted by atomic mass is 10.1. The third-order valence-corrected chi connectivity index (χ3v) is 5.06. The summed E-state index contributed by atoms with van der Waals surface area (Å²) in [5.74, 6) is -0.0251. The molecule has 1 heterocycles. The molecule has 7 heteroatoms. The summed E-state index contributed by atoms with van der Waals surface area (Å²) in [7, 11) is 3.03. The van der Waals surface area contributed by atoms with Gasteiger partial charge in [-0.1, -0.05) is 42.5 Å². The van der Waals surface area contributed by atoms with E-state index in [0.29, 0.717) is 28.5 Å². The number of thiophene rings is 1. The highest BCUT2D eigenvalue weighted by molar-refractivity contribution is 7.11. The second kappa shape index (κ2) is 9.75. The number of carbonyl (C=O) groups excluding carboxylic acids is 2. The van der Waals surface area contributed by atoms with Gasteiger partial charge in [0.1, 0.15) is 4.88 Å². The molecule has 0 bridgehead atoms. The summed E-state index contributed by atoms with van der Waals surface area (Å²) in [6.45, 7) is 0.319. The van der Waals surface area contributed by atoms with Gasteiger partial charge in [-0.05, 0) is 29.1 Å². The van der Waals surface area contributed by atoms with E-state index < -0.39 is 18.0 Å². The zero-order chi connectivity index (χ0) is 20.6. The van der Waals surface area contributed by atoms with Crippen molar-refractivity contribution in [2.45, 2.75) is 12.6 Å². The average molecular weight is 411 g/mol. The zero-order valence-electron chi connectivity index (χ0n) is 16.1. The van der Waals surface area contributed by atoms with E-state index in [4.69, 9.17) is 14.2 Å². The summed E-state index contributed by atoms with van der Waals surface area (Å²) >= 11 is 1.25. The summed E-state index contributed by atoms with van der Waals surface area (Å²) in [5, 5.41) is 4.60. The van der Waals surface area contributed by atoms with Crippen molar-refractivity contribution in [1.82, 2.24) is 5.32 Å². The monoisotopic (exact) mass is 411 g/mol. The van der Waals surface area contributed by atoms with Gasteiger partial charge >= 0.3 is 5.97 Å². The number of nitrogens with one attached hydrogen (secondary N) is 1. The van der Waals surface area contributed by atoms with Crippen molar-refractivity contribution in [3.8, 4) is 11.5 Å². The summed E-state index contributed by atoms with van der Waals surface area (Å²) in [5.41, 5.74) is 1.43. The van der Waals surface area contributed by atoms with E-state index in [1.807, 2.05) is 30.3 Å². The topological polar surface area (TPSA) is 73.9 Å². The van der Waals surface area contributed by atoms with Crippen LogP contribution in [0, 0.1) is 0 Å². The number of methoxy groups -OCH3 is 2. The number of carbonyl (C=O) groups is 2. The van der Waals surface area contributed by atoms with Crippen LogP contribution in [0.2, 0.25) is 0 Å². The lowest BCUT2D eigenvalue weighted by Gasteiger charge is -2.19. The van der Waals surface area contributed by atoms with Crippen molar-refractivity contribution in [2.75, 3.05) is 14.2 Å². The summed E-state index contributed by atoms with van der Waals surface area (Å²) in [6.07, 6.45) is -1.13. The first-order valence-corrected chi connectivity index (χ1v) is 9.78. The Morgan fingerprint density at radius 3 is 2.38 bits per heavy atom. The molecule has 6 nitrogen and oxygen atoms in total. The molecule has 0 aliphatic heterocycles. The van der Waals surface area contributed by atoms with Gasteiger partial charge in [0.2, 0.25) is 6.10 Å². The first kappa shape index (κ1) is 20.4. The first-order valence-electron chi connectivity index (χ1n) is 8.90. The standard InChI is InChI=1S/C22H21NO5S/c1-26-17-11-10-16(13-18(17)27-2)20(28-22(25)19-9-6-12-29-19)21(24)23-14-15-7-4-3-5-8-15/h3-13,20H,14H2,1-2H3,(H,23,24)/t20-/m0/s1. The minimum Gasteiger partial charge on any atom is -0.493 e. The Labute approximate surface area is 173 Å². The number of amides is 1. The molecule has 3 aromatic rings. The third kappa shape index (κ3) is 5.14. The van der Waals surface area contributed by atoms with E-state index in [1.165, 1.54) is 25.6 Å². The minimum absolute atomic E-state index is 0.319. The van der Waals surface area contributed by atoms with Crippen LogP contribution in [0.3, 0.4) is 0 Å². The van der Waals surface area contributed by atoms with E-state index in [0.717, 1.165) is 5.56 Å². The Kier molecular flexibility index (Phi) is 6.86. The Bertz CT molecular complexity index is 957. The SMILES string of the molecule is COc1ccc([C@H](OC(=O)c2cccs2)C(=O)NCc2ccccc2)cc1OC. The van der Waals surface area contributed by atoms with Crippen LogP contribution in [0.4, 0.5) is 0 Å². The van der Waals surface area contributed by atoms with Crippen molar-refractivity contribution in [1.29, 1.82) is 0 Å². The van der Waals surface area contributed by atoms with Gasteiger partial charge in [0.15, 0.2) is 11.5 Å². The fourth-order valence-electron chi connectivity index (χ4n) is 2.73. The Morgan fingerprint density at radius 1 is 0.966 bits per heavy atom. The molecular formula is C22H21NO5S. The van der Waals surface area contributed by atoms with E-state index in [1.54, 1.807) is 35.7 Å². The second-order valence-electron chi connectivity index (χ2n) is 6.08. The summed E-state index contributed by atoms with van der Waals surface area (Å²) in [4.78, 5) is 25.8. The molecule has 0 spiro atoms. The zero-order valence-corrected chi connectivity index (χ0v) is 16.9. The Morgan fingerprint density at radius 2 is 1.72 bits per heavy atom. The van der Waals surface area contributed by atoms with Gasteiger partial charge in [-0.2, -0.15) is 0 Å². The van der Waals surface area contributed by atoms with Crippen molar-refractivity contribution >= 4 is 23.2 Å². The molecule has 3 rings (SSSR count). The molecule has 0 fully saturated rings. The quantitative estimate of drug-likeness (QED) is 0.568. The van der Waals surface area contributed by atoms with E-state index in [9.17, 15) is 9.59 Å². The van der Waals surface area contributed by atoms with Gasteiger partial charge in [-0.15, -0.1) is 11.3 Å². The molecule has 1 amide bonds. The highest BCUT2D eigenvalue weighted by atomic mass is 32.1. The van der Waals surface area contributed by atoms with Crippen LogP contribution in [0.1, 0.15) is 26.9 Å². The van der Waals surface area contributed by atoms with Crippen LogP contribution < -0.4 is 14.8 Å². The fraction of sp³-hybridized carbons (Fsp3) is 0.182. The molecule has 0 saturated heterocycles. The first-order chi connectivity index (χ1) is 14.1. The van der Waals surface area contributed by atoms with E-state index in [2.05, 4.69) is 5.32 Å². The van der Waals surface area contributed by atoms with Crippen LogP contribution in [0.15, 0.2) is 66.0 Å². The molecule has 0 aliphatic rings. The number of ether oxygens (including phenoxy) is 3. The van der Waals surface area contributed by atoms with Crippen LogP contribution >= 0.6 is 11.3 Å². The van der Waals surface area contributed by atoms with Gasteiger partial charge < -0.3 is 19.5 Å². The fourth-order valence-corrected chi connectivity index (χ4v) is 3.33. The molecule has 0 radical (unpaired) electrons. The predicted octanol–water partition coefficient (Wildman–Crippen LogP) is 3.98. The van der Waals surface area contributed by atoms with E-state index in [-0.39, 0.29) is 0 Å². The Balaban J connectivity index is 1.84. The maximum Gasteiger partial charge on any atom is 0.349 e. The number of hydrogen-bond donors (Lipinski definition) is 1. The molecule has 0 saturated carbocycles. The highest BCUT2D eigenvalue weighted by Gasteiger charge is 2.27. The maximum atomic E-state index is 12.9. The Hall–Kier alpha value is -3.32. The molecular weight excluding hydrogens is 390 g/mol. The highest BCUT2D eigenvalue weighted by Crippen LogP contribution is 2.32. The van der Waals surface area contributed by atoms with Crippen molar-refractivity contribution in [2.24, 2.45) is 0 Å². The number of rotatable bonds is 8. The van der Waals surface area contributed by atoms with Crippen LogP contribution in [-0.4, -0.2) is 26.1 Å². The molecule has 150 valence electrons. The van der Waals surface area contributed by atoms with Crippen LogP contribution in [0.25, 0.3) is 0 Å². The lowest BCUT2D eigenvalue weighted by molar-refractivity contribution is -0.130. The maximum absolute atomic E-state index is 12.9. The molecule has 2 aromatic carbocycles. The van der Waals surface area contributed by atoms with Gasteiger partial charge in [0.25, 0.3) is 5.91 Å². The largest absolute Gasteiger partial charge is 0.493 e. The second-order valence-corrected chi connectivity index (χ2v) is 7.03. The van der Waals surface area contributed by atoms with Crippen LogP contribution in [0.5, 0.6) is 11.5 Å². The van der Waals surface area contributed by atoms with Crippen molar-refractivity contribution in [3.63, 3.8) is 0 Å². The molecule has 29 heavy (non-hydrogen) atoms. The lowest BCUT2D eigenvalue weighted by Crippen LogP contribution is -2.31. The minimum atomic E-state index is -1.13. The van der Waals surface area contributed by atoms with Crippen molar-refractivity contribution < 1.29 is 23.8 Å². The van der Waals surface area contributed by atoms with Crippen molar-refractivity contribution in [3.05, 3.63) is 82.0 Å². The molecule has 1 N–H and O–H groups in total. The van der Waals surface area contributed by atoms with Gasteiger partial charge in [-0.3, -0.25) is 4.79 Å².